The van der Waals surface area contributed by atoms with E-state index in [1.54, 1.807) is 20.3 Å². The third-order valence-electron chi connectivity index (χ3n) is 3.54. The first-order chi connectivity index (χ1) is 9.56. The van der Waals surface area contributed by atoms with Crippen molar-refractivity contribution >= 4 is 17.5 Å². The predicted molar refractivity (Wildman–Crippen MR) is 78.1 cm³/mol. The van der Waals surface area contributed by atoms with E-state index in [1.807, 2.05) is 24.0 Å². The van der Waals surface area contributed by atoms with Crippen molar-refractivity contribution in [1.82, 2.24) is 4.90 Å². The SMILES string of the molecule is COC(CN(C(=O)c1ccc(C)c(Cl)c1)C1CC1)OC. The summed E-state index contributed by atoms with van der Waals surface area (Å²) in [6, 6.07) is 5.69. The number of carbonyl (C=O) groups excluding carboxylic acids is 1. The molecule has 2 rings (SSSR count). The van der Waals surface area contributed by atoms with E-state index in [0.717, 1.165) is 18.4 Å². The van der Waals surface area contributed by atoms with Crippen LogP contribution in [0.5, 0.6) is 0 Å². The molecule has 0 N–H and O–H groups in total. The number of nitrogens with zero attached hydrogens (tertiary/aromatic N) is 1. The number of rotatable bonds is 6. The maximum Gasteiger partial charge on any atom is 0.254 e. The van der Waals surface area contributed by atoms with Crippen molar-refractivity contribution in [1.29, 1.82) is 0 Å². The smallest absolute Gasteiger partial charge is 0.254 e. The number of amides is 1. The van der Waals surface area contributed by atoms with Gasteiger partial charge in [-0.2, -0.15) is 0 Å². The van der Waals surface area contributed by atoms with Crippen LogP contribution in [-0.4, -0.2) is 43.9 Å². The number of benzene rings is 1. The average molecular weight is 298 g/mol. The molecule has 1 fully saturated rings. The molecule has 1 aromatic rings. The fourth-order valence-electron chi connectivity index (χ4n) is 2.08. The molecule has 1 aromatic carbocycles. The molecule has 5 heteroatoms. The Morgan fingerprint density at radius 2 is 2.05 bits per heavy atom. The molecule has 1 amide bonds. The van der Waals surface area contributed by atoms with Crippen LogP contribution in [-0.2, 0) is 9.47 Å². The third-order valence-corrected chi connectivity index (χ3v) is 3.95. The highest BCUT2D eigenvalue weighted by Crippen LogP contribution is 2.29. The summed E-state index contributed by atoms with van der Waals surface area (Å²) in [5.74, 6) is -0.0199. The third kappa shape index (κ3) is 3.51. The minimum Gasteiger partial charge on any atom is -0.354 e. The molecule has 20 heavy (non-hydrogen) atoms. The van der Waals surface area contributed by atoms with Gasteiger partial charge < -0.3 is 14.4 Å². The average Bonchev–Trinajstić information content (AvgIpc) is 3.27. The van der Waals surface area contributed by atoms with E-state index in [4.69, 9.17) is 21.1 Å². The zero-order valence-electron chi connectivity index (χ0n) is 12.1. The van der Waals surface area contributed by atoms with Crippen molar-refractivity contribution in [2.24, 2.45) is 0 Å². The van der Waals surface area contributed by atoms with E-state index in [-0.39, 0.29) is 11.9 Å². The number of hydrogen-bond donors (Lipinski definition) is 0. The predicted octanol–water partition coefficient (Wildman–Crippen LogP) is 2.87. The molecular formula is C15H20ClNO3. The van der Waals surface area contributed by atoms with Gasteiger partial charge in [-0.25, -0.2) is 0 Å². The van der Waals surface area contributed by atoms with Gasteiger partial charge in [-0.3, -0.25) is 4.79 Å². The minimum atomic E-state index is -0.402. The normalized spacial score (nSPS) is 14.7. The Kier molecular flexibility index (Phi) is 5.02. The molecule has 0 heterocycles. The van der Waals surface area contributed by atoms with Crippen molar-refractivity contribution in [2.75, 3.05) is 20.8 Å². The molecule has 0 unspecified atom stereocenters. The lowest BCUT2D eigenvalue weighted by atomic mass is 10.1. The fourth-order valence-corrected chi connectivity index (χ4v) is 2.26. The van der Waals surface area contributed by atoms with Gasteiger partial charge in [-0.15, -0.1) is 0 Å². The molecule has 0 aromatic heterocycles. The van der Waals surface area contributed by atoms with Crippen LogP contribution in [0.4, 0.5) is 0 Å². The van der Waals surface area contributed by atoms with Crippen molar-refractivity contribution < 1.29 is 14.3 Å². The summed E-state index contributed by atoms with van der Waals surface area (Å²) in [5.41, 5.74) is 1.58. The topological polar surface area (TPSA) is 38.8 Å². The van der Waals surface area contributed by atoms with Gasteiger partial charge in [0.1, 0.15) is 0 Å². The first-order valence-electron chi connectivity index (χ1n) is 6.69. The molecule has 1 saturated carbocycles. The maximum atomic E-state index is 12.6. The van der Waals surface area contributed by atoms with Crippen LogP contribution in [0, 0.1) is 6.92 Å². The highest BCUT2D eigenvalue weighted by atomic mass is 35.5. The van der Waals surface area contributed by atoms with Crippen LogP contribution in [0.15, 0.2) is 18.2 Å². The van der Waals surface area contributed by atoms with Crippen LogP contribution in [0.2, 0.25) is 5.02 Å². The molecule has 4 nitrogen and oxygen atoms in total. The first-order valence-corrected chi connectivity index (χ1v) is 7.07. The van der Waals surface area contributed by atoms with Crippen LogP contribution in [0.25, 0.3) is 0 Å². The van der Waals surface area contributed by atoms with Crippen molar-refractivity contribution in [3.05, 3.63) is 34.3 Å². The Balaban J connectivity index is 2.16. The number of carbonyl (C=O) groups is 1. The second kappa shape index (κ2) is 6.57. The number of hydrogen-bond acceptors (Lipinski definition) is 3. The lowest BCUT2D eigenvalue weighted by Gasteiger charge is -2.26. The van der Waals surface area contributed by atoms with Gasteiger partial charge >= 0.3 is 0 Å². The van der Waals surface area contributed by atoms with Crippen LogP contribution in [0.1, 0.15) is 28.8 Å². The molecular weight excluding hydrogens is 278 g/mol. The summed E-state index contributed by atoms with van der Waals surface area (Å²) in [4.78, 5) is 14.4. The van der Waals surface area contributed by atoms with E-state index in [0.29, 0.717) is 17.1 Å². The maximum absolute atomic E-state index is 12.6. The van der Waals surface area contributed by atoms with E-state index in [1.165, 1.54) is 0 Å². The quantitative estimate of drug-likeness (QED) is 0.758. The standard InChI is InChI=1S/C15H20ClNO3/c1-10-4-5-11(8-13(10)16)15(18)17(12-6-7-12)9-14(19-2)20-3/h4-5,8,12,14H,6-7,9H2,1-3H3. The minimum absolute atomic E-state index is 0.0199. The summed E-state index contributed by atoms with van der Waals surface area (Å²) < 4.78 is 10.4. The van der Waals surface area contributed by atoms with Gasteiger partial charge in [-0.05, 0) is 37.5 Å². The Labute approximate surface area is 124 Å². The molecule has 1 aliphatic rings. The van der Waals surface area contributed by atoms with Crippen molar-refractivity contribution in [3.8, 4) is 0 Å². The summed E-state index contributed by atoms with van der Waals surface area (Å²) in [5, 5.41) is 0.613. The van der Waals surface area contributed by atoms with Gasteiger partial charge in [0.2, 0.25) is 0 Å². The van der Waals surface area contributed by atoms with Gasteiger partial charge in [-0.1, -0.05) is 17.7 Å². The molecule has 0 bridgehead atoms. The lowest BCUT2D eigenvalue weighted by Crippen LogP contribution is -2.40. The van der Waals surface area contributed by atoms with Gasteiger partial charge in [0.25, 0.3) is 5.91 Å². The van der Waals surface area contributed by atoms with Gasteiger partial charge in [0.15, 0.2) is 6.29 Å². The molecule has 0 radical (unpaired) electrons. The number of methoxy groups -OCH3 is 2. The Bertz CT molecular complexity index is 484. The Morgan fingerprint density at radius 1 is 1.40 bits per heavy atom. The van der Waals surface area contributed by atoms with E-state index in [9.17, 15) is 4.79 Å². The molecule has 0 aliphatic heterocycles. The lowest BCUT2D eigenvalue weighted by molar-refractivity contribution is -0.112. The van der Waals surface area contributed by atoms with E-state index in [2.05, 4.69) is 0 Å². The number of ether oxygens (including phenoxy) is 2. The summed E-state index contributed by atoms with van der Waals surface area (Å²) in [6.07, 6.45) is 1.66. The first kappa shape index (κ1) is 15.3. The van der Waals surface area contributed by atoms with Gasteiger partial charge in [0.05, 0.1) is 6.54 Å². The largest absolute Gasteiger partial charge is 0.354 e. The fraction of sp³-hybridized carbons (Fsp3) is 0.533. The zero-order chi connectivity index (χ0) is 14.7. The monoisotopic (exact) mass is 297 g/mol. The second-order valence-electron chi connectivity index (χ2n) is 5.05. The van der Waals surface area contributed by atoms with Crippen LogP contribution in [0.3, 0.4) is 0 Å². The molecule has 1 aliphatic carbocycles. The highest BCUT2D eigenvalue weighted by Gasteiger charge is 2.34. The van der Waals surface area contributed by atoms with Crippen LogP contribution >= 0.6 is 11.6 Å². The summed E-state index contributed by atoms with van der Waals surface area (Å²) in [6.45, 7) is 2.35. The number of aryl methyl sites for hydroxylation is 1. The molecule has 110 valence electrons. The second-order valence-corrected chi connectivity index (χ2v) is 5.46. The highest BCUT2D eigenvalue weighted by molar-refractivity contribution is 6.31. The van der Waals surface area contributed by atoms with Crippen LogP contribution < -0.4 is 0 Å². The molecule has 0 atom stereocenters. The summed E-state index contributed by atoms with van der Waals surface area (Å²) in [7, 11) is 3.15. The van der Waals surface area contributed by atoms with E-state index < -0.39 is 6.29 Å². The Hall–Kier alpha value is -1.10. The number of halogens is 1. The van der Waals surface area contributed by atoms with Crippen molar-refractivity contribution in [3.63, 3.8) is 0 Å². The molecule has 0 saturated heterocycles. The zero-order valence-corrected chi connectivity index (χ0v) is 12.8. The molecule has 0 spiro atoms. The Morgan fingerprint density at radius 3 is 2.55 bits per heavy atom. The van der Waals surface area contributed by atoms with E-state index >= 15 is 0 Å². The summed E-state index contributed by atoms with van der Waals surface area (Å²) >= 11 is 6.10. The van der Waals surface area contributed by atoms with Crippen molar-refractivity contribution in [2.45, 2.75) is 32.1 Å². The van der Waals surface area contributed by atoms with Gasteiger partial charge in [0, 0.05) is 30.8 Å².